The van der Waals surface area contributed by atoms with E-state index in [0.717, 1.165) is 21.7 Å². The van der Waals surface area contributed by atoms with Crippen LogP contribution in [0.2, 0.25) is 0 Å². The van der Waals surface area contributed by atoms with E-state index in [4.69, 9.17) is 5.11 Å². The predicted molar refractivity (Wildman–Crippen MR) is 157 cm³/mol. The third kappa shape index (κ3) is 8.92. The summed E-state index contributed by atoms with van der Waals surface area (Å²) in [5, 5.41) is 17.2. The molecule has 214 valence electrons. The second-order valence-corrected chi connectivity index (χ2v) is 9.42. The van der Waals surface area contributed by atoms with E-state index in [1.807, 2.05) is 31.2 Å². The number of rotatable bonds is 12. The molecule has 41 heavy (non-hydrogen) atoms. The van der Waals surface area contributed by atoms with Gasteiger partial charge in [0.15, 0.2) is 0 Å². The molecule has 0 radical (unpaired) electrons. The van der Waals surface area contributed by atoms with Crippen LogP contribution in [-0.4, -0.2) is 59.9 Å². The molecule has 0 bridgehead atoms. The summed E-state index contributed by atoms with van der Waals surface area (Å²) in [5.41, 5.74) is 4.09. The highest BCUT2D eigenvalue weighted by Crippen LogP contribution is 2.19. The number of carboxylic acid groups (broad SMARTS) is 1. The Morgan fingerprint density at radius 2 is 1.49 bits per heavy atom. The van der Waals surface area contributed by atoms with E-state index in [0.29, 0.717) is 23.5 Å². The fraction of sp³-hybridized carbons (Fsp3) is 0.233. The zero-order chi connectivity index (χ0) is 29.9. The molecule has 1 unspecified atom stereocenters. The number of amides is 5. The SMILES string of the molecule is Cc1ccccc1NC(=O)Nc1ccc(CC(=O)Nc2ccc(N(C)C(=O)C(C)N(C=O)CCC(=O)O)cc2)cc1. The number of hydrogen-bond acceptors (Lipinski definition) is 5. The molecule has 0 aliphatic heterocycles. The molecule has 0 saturated heterocycles. The van der Waals surface area contributed by atoms with Gasteiger partial charge in [0, 0.05) is 36.3 Å². The van der Waals surface area contributed by atoms with Crippen LogP contribution in [0.25, 0.3) is 0 Å². The van der Waals surface area contributed by atoms with Crippen LogP contribution < -0.4 is 20.9 Å². The Morgan fingerprint density at radius 3 is 2.10 bits per heavy atom. The van der Waals surface area contributed by atoms with Crippen LogP contribution in [-0.2, 0) is 25.6 Å². The fourth-order valence-corrected chi connectivity index (χ4v) is 3.97. The number of nitrogens with zero attached hydrogens (tertiary/aromatic N) is 2. The fourth-order valence-electron chi connectivity index (χ4n) is 3.97. The van der Waals surface area contributed by atoms with Gasteiger partial charge in [-0.15, -0.1) is 0 Å². The first-order valence-electron chi connectivity index (χ1n) is 12.9. The Bertz CT molecular complexity index is 1390. The Balaban J connectivity index is 1.50. The van der Waals surface area contributed by atoms with Crippen molar-refractivity contribution >= 4 is 53.0 Å². The maximum atomic E-state index is 12.8. The Hall–Kier alpha value is -5.19. The van der Waals surface area contributed by atoms with Crippen molar-refractivity contribution in [2.75, 3.05) is 34.4 Å². The summed E-state index contributed by atoms with van der Waals surface area (Å²) in [6.45, 7) is 3.36. The Labute approximate surface area is 238 Å². The van der Waals surface area contributed by atoms with E-state index in [2.05, 4.69) is 16.0 Å². The van der Waals surface area contributed by atoms with Gasteiger partial charge < -0.3 is 30.9 Å². The number of carboxylic acids is 1. The number of benzene rings is 3. The van der Waals surface area contributed by atoms with Crippen LogP contribution in [0.4, 0.5) is 27.5 Å². The van der Waals surface area contributed by atoms with Gasteiger partial charge in [-0.2, -0.15) is 0 Å². The van der Waals surface area contributed by atoms with Gasteiger partial charge in [-0.3, -0.25) is 19.2 Å². The number of nitrogens with one attached hydrogen (secondary N) is 3. The monoisotopic (exact) mass is 559 g/mol. The summed E-state index contributed by atoms with van der Waals surface area (Å²) < 4.78 is 0. The first kappa shape index (κ1) is 30.4. The van der Waals surface area contributed by atoms with Crippen LogP contribution >= 0.6 is 0 Å². The summed E-state index contributed by atoms with van der Waals surface area (Å²) >= 11 is 0. The molecule has 0 aliphatic carbocycles. The van der Waals surface area contributed by atoms with E-state index < -0.39 is 12.0 Å². The standard InChI is InChI=1S/C30H33N5O6/c1-20-6-4-5-7-26(20)33-30(41)32-24-10-8-22(9-11-24)18-27(37)31-23-12-14-25(15-13-23)34(3)29(40)21(2)35(19-36)17-16-28(38)39/h4-15,19,21H,16-18H2,1-3H3,(H,31,37)(H,38,39)(H2,32,33,41). The average molecular weight is 560 g/mol. The van der Waals surface area contributed by atoms with Crippen molar-refractivity contribution in [2.24, 2.45) is 0 Å². The highest BCUT2D eigenvalue weighted by atomic mass is 16.4. The molecule has 11 heteroatoms. The van der Waals surface area contributed by atoms with Gasteiger partial charge in [0.05, 0.1) is 12.8 Å². The van der Waals surface area contributed by atoms with Crippen molar-refractivity contribution in [2.45, 2.75) is 32.7 Å². The second-order valence-electron chi connectivity index (χ2n) is 9.42. The minimum absolute atomic E-state index is 0.0763. The van der Waals surface area contributed by atoms with Gasteiger partial charge in [0.25, 0.3) is 0 Å². The summed E-state index contributed by atoms with van der Waals surface area (Å²) in [5.74, 6) is -1.69. The molecule has 0 fully saturated rings. The molecular weight excluding hydrogens is 526 g/mol. The number of para-hydroxylation sites is 1. The maximum Gasteiger partial charge on any atom is 0.323 e. The average Bonchev–Trinajstić information content (AvgIpc) is 2.95. The topological polar surface area (TPSA) is 148 Å². The molecule has 0 aliphatic rings. The number of carbonyl (C=O) groups is 5. The highest BCUT2D eigenvalue weighted by molar-refractivity contribution is 6.00. The summed E-state index contributed by atoms with van der Waals surface area (Å²) in [6, 6.07) is 19.8. The van der Waals surface area contributed by atoms with Crippen molar-refractivity contribution in [1.82, 2.24) is 4.90 Å². The summed E-state index contributed by atoms with van der Waals surface area (Å²) in [4.78, 5) is 62.3. The van der Waals surface area contributed by atoms with Crippen molar-refractivity contribution < 1.29 is 29.1 Å². The number of aliphatic carboxylic acids is 1. The zero-order valence-corrected chi connectivity index (χ0v) is 23.1. The van der Waals surface area contributed by atoms with Gasteiger partial charge in [-0.05, 0) is 67.4 Å². The quantitative estimate of drug-likeness (QED) is 0.246. The molecule has 3 rings (SSSR count). The van der Waals surface area contributed by atoms with Crippen LogP contribution in [0.3, 0.4) is 0 Å². The van der Waals surface area contributed by atoms with Gasteiger partial charge in [0.1, 0.15) is 6.04 Å². The van der Waals surface area contributed by atoms with Crippen molar-refractivity contribution in [3.63, 3.8) is 0 Å². The molecular formula is C30H33N5O6. The number of likely N-dealkylation sites (N-methyl/N-ethyl adjacent to an activating group) is 1. The third-order valence-corrected chi connectivity index (χ3v) is 6.41. The lowest BCUT2D eigenvalue weighted by Crippen LogP contribution is -2.46. The van der Waals surface area contributed by atoms with Crippen molar-refractivity contribution in [3.8, 4) is 0 Å². The smallest absolute Gasteiger partial charge is 0.323 e. The number of urea groups is 1. The largest absolute Gasteiger partial charge is 0.481 e. The first-order valence-corrected chi connectivity index (χ1v) is 12.9. The van der Waals surface area contributed by atoms with E-state index in [9.17, 15) is 24.0 Å². The first-order chi connectivity index (χ1) is 19.6. The van der Waals surface area contributed by atoms with Crippen molar-refractivity contribution in [3.05, 3.63) is 83.9 Å². The van der Waals surface area contributed by atoms with Crippen LogP contribution in [0.5, 0.6) is 0 Å². The van der Waals surface area contributed by atoms with Gasteiger partial charge in [-0.1, -0.05) is 30.3 Å². The molecule has 3 aromatic rings. The number of aryl methyl sites for hydroxylation is 1. The second kappa shape index (κ2) is 14.3. The van der Waals surface area contributed by atoms with E-state index in [1.165, 1.54) is 11.8 Å². The lowest BCUT2D eigenvalue weighted by Gasteiger charge is -2.28. The predicted octanol–water partition coefficient (Wildman–Crippen LogP) is 4.10. The molecule has 0 saturated carbocycles. The number of hydrogen-bond donors (Lipinski definition) is 4. The van der Waals surface area contributed by atoms with E-state index >= 15 is 0 Å². The molecule has 0 spiro atoms. The summed E-state index contributed by atoms with van der Waals surface area (Å²) in [6.07, 6.45) is 0.317. The van der Waals surface area contributed by atoms with Crippen LogP contribution in [0.1, 0.15) is 24.5 Å². The Morgan fingerprint density at radius 1 is 0.878 bits per heavy atom. The molecule has 0 aromatic heterocycles. The van der Waals surface area contributed by atoms with Gasteiger partial charge in [-0.25, -0.2) is 4.79 Å². The van der Waals surface area contributed by atoms with Crippen molar-refractivity contribution in [1.29, 1.82) is 0 Å². The van der Waals surface area contributed by atoms with E-state index in [-0.39, 0.29) is 37.2 Å². The lowest BCUT2D eigenvalue weighted by molar-refractivity contribution is -0.139. The molecule has 3 aromatic carbocycles. The molecule has 4 N–H and O–H groups in total. The molecule has 0 heterocycles. The number of anilines is 4. The Kier molecular flexibility index (Phi) is 10.6. The van der Waals surface area contributed by atoms with Crippen LogP contribution in [0.15, 0.2) is 72.8 Å². The van der Waals surface area contributed by atoms with E-state index in [1.54, 1.807) is 55.6 Å². The lowest BCUT2D eigenvalue weighted by atomic mass is 10.1. The van der Waals surface area contributed by atoms with Gasteiger partial charge >= 0.3 is 12.0 Å². The zero-order valence-electron chi connectivity index (χ0n) is 23.1. The normalized spacial score (nSPS) is 11.1. The third-order valence-electron chi connectivity index (χ3n) is 6.41. The van der Waals surface area contributed by atoms with Crippen LogP contribution in [0, 0.1) is 6.92 Å². The molecule has 11 nitrogen and oxygen atoms in total. The minimum Gasteiger partial charge on any atom is -0.481 e. The molecule has 1 atom stereocenters. The maximum absolute atomic E-state index is 12.8. The minimum atomic E-state index is -1.06. The van der Waals surface area contributed by atoms with Gasteiger partial charge in [0.2, 0.25) is 18.2 Å². The highest BCUT2D eigenvalue weighted by Gasteiger charge is 2.24. The molecule has 5 amide bonds. The summed E-state index contributed by atoms with van der Waals surface area (Å²) in [7, 11) is 1.55. The number of carbonyl (C=O) groups excluding carboxylic acids is 4.